The normalized spacial score (nSPS) is 12.2. The molecular weight excluding hydrogens is 363 g/mol. The van der Waals surface area contributed by atoms with Crippen LogP contribution < -0.4 is 19.5 Å². The summed E-state index contributed by atoms with van der Waals surface area (Å²) in [6.45, 7) is 1.33. The average Bonchev–Trinajstić information content (AvgIpc) is 2.65. The summed E-state index contributed by atoms with van der Waals surface area (Å²) in [6.07, 6.45) is -4.47. The number of rotatable bonds is 7. The Balaban J connectivity index is 2.00. The molecule has 0 radical (unpaired) electrons. The van der Waals surface area contributed by atoms with Gasteiger partial charge in [0.15, 0.2) is 6.61 Å². The van der Waals surface area contributed by atoms with Crippen LogP contribution in [-0.4, -0.2) is 26.7 Å². The predicted molar refractivity (Wildman–Crippen MR) is 93.0 cm³/mol. The van der Waals surface area contributed by atoms with Crippen LogP contribution in [0.1, 0.15) is 24.1 Å². The highest BCUT2D eigenvalue weighted by Gasteiger charge is 2.30. The van der Waals surface area contributed by atoms with E-state index in [1.54, 1.807) is 25.1 Å². The number of halogens is 3. The summed E-state index contributed by atoms with van der Waals surface area (Å²) in [5.41, 5.74) is -0.140. The Morgan fingerprint density at radius 3 is 2.44 bits per heavy atom. The zero-order chi connectivity index (χ0) is 20.0. The van der Waals surface area contributed by atoms with Crippen molar-refractivity contribution < 1.29 is 32.2 Å². The number of hydrogen-bond acceptors (Lipinski definition) is 4. The Morgan fingerprint density at radius 1 is 1.07 bits per heavy atom. The van der Waals surface area contributed by atoms with Gasteiger partial charge in [0.1, 0.15) is 17.2 Å². The van der Waals surface area contributed by atoms with Gasteiger partial charge in [-0.05, 0) is 43.3 Å². The Bertz CT molecular complexity index is 793. The molecule has 0 aliphatic heterocycles. The molecule has 1 amide bonds. The van der Waals surface area contributed by atoms with Gasteiger partial charge in [-0.2, -0.15) is 13.2 Å². The minimum Gasteiger partial charge on any atom is -0.497 e. The first-order chi connectivity index (χ1) is 12.7. The van der Waals surface area contributed by atoms with E-state index in [2.05, 4.69) is 5.32 Å². The Morgan fingerprint density at radius 2 is 1.81 bits per heavy atom. The molecule has 0 aromatic heterocycles. The van der Waals surface area contributed by atoms with Crippen molar-refractivity contribution in [3.63, 3.8) is 0 Å². The molecular formula is C19H20F3NO4. The van der Waals surface area contributed by atoms with Gasteiger partial charge in [-0.1, -0.05) is 6.07 Å². The van der Waals surface area contributed by atoms with Crippen LogP contribution in [0.15, 0.2) is 42.5 Å². The van der Waals surface area contributed by atoms with E-state index in [1.807, 2.05) is 0 Å². The van der Waals surface area contributed by atoms with Crippen LogP contribution in [-0.2, 0) is 11.0 Å². The minimum atomic E-state index is -4.47. The van der Waals surface area contributed by atoms with Gasteiger partial charge in [0.25, 0.3) is 5.91 Å². The summed E-state index contributed by atoms with van der Waals surface area (Å²) in [7, 11) is 3.04. The van der Waals surface area contributed by atoms with Crippen LogP contribution in [0.25, 0.3) is 0 Å². The second-order valence-electron chi connectivity index (χ2n) is 5.71. The molecule has 27 heavy (non-hydrogen) atoms. The summed E-state index contributed by atoms with van der Waals surface area (Å²) in [4.78, 5) is 12.1. The van der Waals surface area contributed by atoms with E-state index in [0.29, 0.717) is 17.1 Å². The molecule has 0 fully saturated rings. The number of hydrogen-bond donors (Lipinski definition) is 1. The molecule has 0 aliphatic carbocycles. The highest BCUT2D eigenvalue weighted by atomic mass is 19.4. The molecule has 0 heterocycles. The maximum Gasteiger partial charge on any atom is 0.416 e. The number of amides is 1. The van der Waals surface area contributed by atoms with Crippen molar-refractivity contribution in [1.82, 2.24) is 5.32 Å². The average molecular weight is 383 g/mol. The van der Waals surface area contributed by atoms with Crippen LogP contribution in [0.5, 0.6) is 17.2 Å². The fourth-order valence-corrected chi connectivity index (χ4v) is 2.45. The molecule has 0 aliphatic rings. The second-order valence-corrected chi connectivity index (χ2v) is 5.71. The zero-order valence-electron chi connectivity index (χ0n) is 15.1. The monoisotopic (exact) mass is 383 g/mol. The molecule has 8 heteroatoms. The Labute approximate surface area is 155 Å². The maximum absolute atomic E-state index is 12.7. The lowest BCUT2D eigenvalue weighted by atomic mass is 10.1. The zero-order valence-corrected chi connectivity index (χ0v) is 15.1. The summed E-state index contributed by atoms with van der Waals surface area (Å²) in [5.74, 6) is 0.658. The predicted octanol–water partition coefficient (Wildman–Crippen LogP) is 3.98. The van der Waals surface area contributed by atoms with Gasteiger partial charge in [-0.15, -0.1) is 0 Å². The van der Waals surface area contributed by atoms with Crippen molar-refractivity contribution in [1.29, 1.82) is 0 Å². The van der Waals surface area contributed by atoms with Crippen LogP contribution >= 0.6 is 0 Å². The van der Waals surface area contributed by atoms with Crippen molar-refractivity contribution in [3.8, 4) is 17.2 Å². The quantitative estimate of drug-likeness (QED) is 0.786. The van der Waals surface area contributed by atoms with Gasteiger partial charge in [-0.25, -0.2) is 0 Å². The fraction of sp³-hybridized carbons (Fsp3) is 0.316. The first-order valence-electron chi connectivity index (χ1n) is 8.06. The fourth-order valence-electron chi connectivity index (χ4n) is 2.45. The number of ether oxygens (including phenoxy) is 3. The van der Waals surface area contributed by atoms with Crippen molar-refractivity contribution in [2.24, 2.45) is 0 Å². The lowest BCUT2D eigenvalue weighted by Crippen LogP contribution is -2.31. The number of methoxy groups -OCH3 is 2. The number of carbonyl (C=O) groups excluding carboxylic acids is 1. The molecule has 146 valence electrons. The first-order valence-corrected chi connectivity index (χ1v) is 8.06. The van der Waals surface area contributed by atoms with Crippen LogP contribution in [0.4, 0.5) is 13.2 Å². The third-order valence-corrected chi connectivity index (χ3v) is 3.81. The second kappa shape index (κ2) is 8.66. The van der Waals surface area contributed by atoms with Gasteiger partial charge in [0.2, 0.25) is 0 Å². The van der Waals surface area contributed by atoms with Crippen LogP contribution in [0, 0.1) is 0 Å². The van der Waals surface area contributed by atoms with Gasteiger partial charge >= 0.3 is 6.18 Å². The van der Waals surface area contributed by atoms with E-state index in [4.69, 9.17) is 14.2 Å². The Hall–Kier alpha value is -2.90. The van der Waals surface area contributed by atoms with Crippen molar-refractivity contribution in [2.45, 2.75) is 19.1 Å². The van der Waals surface area contributed by atoms with Crippen LogP contribution in [0.3, 0.4) is 0 Å². The smallest absolute Gasteiger partial charge is 0.416 e. The minimum absolute atomic E-state index is 0.0356. The van der Waals surface area contributed by atoms with E-state index in [-0.39, 0.29) is 5.75 Å². The van der Waals surface area contributed by atoms with Gasteiger partial charge in [0.05, 0.1) is 25.8 Å². The molecule has 1 atom stereocenters. The molecule has 0 bridgehead atoms. The molecule has 2 aromatic rings. The third-order valence-electron chi connectivity index (χ3n) is 3.81. The van der Waals surface area contributed by atoms with Crippen molar-refractivity contribution in [2.75, 3.05) is 20.8 Å². The topological polar surface area (TPSA) is 56.8 Å². The number of nitrogens with one attached hydrogen (secondary N) is 1. The van der Waals surface area contributed by atoms with E-state index in [0.717, 1.165) is 12.1 Å². The van der Waals surface area contributed by atoms with Crippen molar-refractivity contribution >= 4 is 5.91 Å². The summed E-state index contributed by atoms with van der Waals surface area (Å²) >= 11 is 0. The third kappa shape index (κ3) is 5.54. The molecule has 2 aromatic carbocycles. The maximum atomic E-state index is 12.7. The van der Waals surface area contributed by atoms with E-state index >= 15 is 0 Å². The number of carbonyl (C=O) groups is 1. The van der Waals surface area contributed by atoms with Gasteiger partial charge < -0.3 is 19.5 Å². The van der Waals surface area contributed by atoms with Gasteiger partial charge in [0, 0.05) is 5.56 Å². The number of benzene rings is 2. The highest BCUT2D eigenvalue weighted by molar-refractivity contribution is 5.78. The molecule has 5 nitrogen and oxygen atoms in total. The van der Waals surface area contributed by atoms with Gasteiger partial charge in [-0.3, -0.25) is 4.79 Å². The molecule has 0 spiro atoms. The summed E-state index contributed by atoms with van der Waals surface area (Å²) in [5, 5.41) is 2.72. The van der Waals surface area contributed by atoms with E-state index < -0.39 is 30.3 Å². The lowest BCUT2D eigenvalue weighted by Gasteiger charge is -2.18. The highest BCUT2D eigenvalue weighted by Crippen LogP contribution is 2.31. The molecule has 0 saturated carbocycles. The molecule has 2 rings (SSSR count). The lowest BCUT2D eigenvalue weighted by molar-refractivity contribution is -0.137. The Kier molecular flexibility index (Phi) is 6.55. The summed E-state index contributed by atoms with van der Waals surface area (Å²) in [6, 6.07) is 9.12. The molecule has 0 unspecified atom stereocenters. The standard InChI is InChI=1S/C19H20F3NO4/c1-12(16-10-14(25-2)7-8-17(16)26-3)23-18(24)11-27-15-6-4-5-13(9-15)19(20,21)22/h4-10,12H,11H2,1-3H3,(H,23,24)/t12-/m0/s1. The SMILES string of the molecule is COc1ccc(OC)c([C@H](C)NC(=O)COc2cccc(C(F)(F)F)c2)c1. The van der Waals surface area contributed by atoms with Crippen LogP contribution in [0.2, 0.25) is 0 Å². The number of alkyl halides is 3. The van der Waals surface area contributed by atoms with E-state index in [9.17, 15) is 18.0 Å². The first kappa shape index (κ1) is 20.4. The summed E-state index contributed by atoms with van der Waals surface area (Å²) < 4.78 is 53.7. The van der Waals surface area contributed by atoms with E-state index in [1.165, 1.54) is 26.4 Å². The molecule has 1 N–H and O–H groups in total. The largest absolute Gasteiger partial charge is 0.497 e. The molecule has 0 saturated heterocycles. The van der Waals surface area contributed by atoms with Crippen molar-refractivity contribution in [3.05, 3.63) is 53.6 Å².